The van der Waals surface area contributed by atoms with E-state index >= 15 is 0 Å². The number of aromatic nitrogens is 1. The highest BCUT2D eigenvalue weighted by Gasteiger charge is 2.29. The van der Waals surface area contributed by atoms with Crippen molar-refractivity contribution in [3.05, 3.63) is 28.7 Å². The highest BCUT2D eigenvalue weighted by molar-refractivity contribution is 7.91. The van der Waals surface area contributed by atoms with Gasteiger partial charge >= 0.3 is 5.76 Å². The topological polar surface area (TPSA) is 155 Å². The van der Waals surface area contributed by atoms with Crippen LogP contribution in [0.3, 0.4) is 0 Å². The van der Waals surface area contributed by atoms with Crippen LogP contribution in [0.2, 0.25) is 0 Å². The van der Waals surface area contributed by atoms with Crippen LogP contribution < -0.4 is 15.8 Å². The molecule has 0 saturated carbocycles. The van der Waals surface area contributed by atoms with Crippen LogP contribution in [-0.2, 0) is 24.7 Å². The molecule has 10 nitrogen and oxygen atoms in total. The van der Waals surface area contributed by atoms with Gasteiger partial charge in [-0.05, 0) is 18.6 Å². The van der Waals surface area contributed by atoms with E-state index < -0.39 is 44.1 Å². The van der Waals surface area contributed by atoms with Crippen molar-refractivity contribution in [2.24, 2.45) is 0 Å². The van der Waals surface area contributed by atoms with E-state index in [4.69, 9.17) is 4.42 Å². The predicted molar refractivity (Wildman–Crippen MR) is 87.2 cm³/mol. The van der Waals surface area contributed by atoms with Crippen molar-refractivity contribution >= 4 is 36.9 Å². The van der Waals surface area contributed by atoms with Gasteiger partial charge in [0, 0.05) is 12.1 Å². The van der Waals surface area contributed by atoms with Crippen LogP contribution in [0.1, 0.15) is 6.42 Å². The van der Waals surface area contributed by atoms with Crippen molar-refractivity contribution in [2.75, 3.05) is 18.1 Å². The molecule has 0 aliphatic carbocycles. The first kappa shape index (κ1) is 17.6. The number of amides is 1. The second-order valence-corrected chi connectivity index (χ2v) is 9.66. The van der Waals surface area contributed by atoms with E-state index in [0.717, 1.165) is 6.07 Å². The molecule has 136 valence electrons. The summed E-state index contributed by atoms with van der Waals surface area (Å²) in [5.41, 5.74) is 0.428. The lowest BCUT2D eigenvalue weighted by molar-refractivity contribution is -0.120. The average Bonchev–Trinajstić information content (AvgIpc) is 3.05. The number of hydrogen-bond donors (Lipinski definition) is 3. The molecule has 1 aromatic carbocycles. The van der Waals surface area contributed by atoms with Gasteiger partial charge in [-0.25, -0.2) is 26.4 Å². The van der Waals surface area contributed by atoms with Gasteiger partial charge in [-0.3, -0.25) is 9.78 Å². The number of hydrogen-bond acceptors (Lipinski definition) is 7. The van der Waals surface area contributed by atoms with Crippen LogP contribution in [0, 0.1) is 0 Å². The zero-order valence-electron chi connectivity index (χ0n) is 12.8. The Bertz CT molecular complexity index is 1080. The van der Waals surface area contributed by atoms with E-state index in [-0.39, 0.29) is 22.0 Å². The Balaban J connectivity index is 1.64. The number of H-pyrrole nitrogens is 1. The number of carbonyl (C=O) groups is 1. The first-order valence-corrected chi connectivity index (χ1v) is 10.6. The van der Waals surface area contributed by atoms with E-state index in [1.165, 1.54) is 12.1 Å². The molecule has 1 atom stereocenters. The standard InChI is InChI=1S/C13H15N3O7S2/c17-12(15-8-3-4-24(19,20)7-8)6-14-25(21,22)9-1-2-10-11(5-9)23-13(18)16-10/h1-2,5,8,14H,3-4,6-7H2,(H,15,17)(H,16,18). The minimum absolute atomic E-state index is 0.00551. The monoisotopic (exact) mass is 389 g/mol. The van der Waals surface area contributed by atoms with Crippen molar-refractivity contribution in [3.8, 4) is 0 Å². The van der Waals surface area contributed by atoms with Crippen molar-refractivity contribution < 1.29 is 26.0 Å². The average molecular weight is 389 g/mol. The number of rotatable bonds is 5. The molecule has 3 rings (SSSR count). The quantitative estimate of drug-likeness (QED) is 0.574. The molecule has 3 N–H and O–H groups in total. The van der Waals surface area contributed by atoms with E-state index in [1.54, 1.807) is 0 Å². The van der Waals surface area contributed by atoms with Crippen molar-refractivity contribution in [3.63, 3.8) is 0 Å². The van der Waals surface area contributed by atoms with Crippen molar-refractivity contribution in [1.82, 2.24) is 15.0 Å². The van der Waals surface area contributed by atoms with Gasteiger partial charge in [0.15, 0.2) is 15.4 Å². The number of sulfonamides is 1. The van der Waals surface area contributed by atoms with Crippen LogP contribution in [-0.4, -0.2) is 51.8 Å². The Morgan fingerprint density at radius 2 is 2.12 bits per heavy atom. The van der Waals surface area contributed by atoms with E-state index in [0.29, 0.717) is 11.9 Å². The maximum absolute atomic E-state index is 12.2. The van der Waals surface area contributed by atoms with Gasteiger partial charge in [-0.1, -0.05) is 0 Å². The number of aromatic amines is 1. The van der Waals surface area contributed by atoms with Gasteiger partial charge in [0.1, 0.15) is 0 Å². The molecule has 12 heteroatoms. The second-order valence-electron chi connectivity index (χ2n) is 5.66. The SMILES string of the molecule is O=C(CNS(=O)(=O)c1ccc2[nH]c(=O)oc2c1)NC1CCS(=O)(=O)C1. The summed E-state index contributed by atoms with van der Waals surface area (Å²) in [6.45, 7) is -0.534. The third-order valence-corrected chi connectivity index (χ3v) is 6.89. The molecule has 25 heavy (non-hydrogen) atoms. The molecule has 1 amide bonds. The molecule has 1 saturated heterocycles. The summed E-state index contributed by atoms with van der Waals surface area (Å²) >= 11 is 0. The second kappa shape index (κ2) is 6.28. The maximum atomic E-state index is 12.2. The fourth-order valence-corrected chi connectivity index (χ4v) is 5.19. The third kappa shape index (κ3) is 4.08. The summed E-state index contributed by atoms with van der Waals surface area (Å²) in [4.78, 5) is 25.1. The first-order chi connectivity index (χ1) is 11.6. The summed E-state index contributed by atoms with van der Waals surface area (Å²) in [6.07, 6.45) is 0.310. The minimum Gasteiger partial charge on any atom is -0.408 e. The number of carbonyl (C=O) groups excluding carboxylic acids is 1. The Morgan fingerprint density at radius 3 is 2.80 bits per heavy atom. The molecule has 1 aliphatic heterocycles. The molecule has 1 fully saturated rings. The van der Waals surface area contributed by atoms with Crippen LogP contribution in [0.4, 0.5) is 0 Å². The molecule has 2 aromatic rings. The molecule has 0 radical (unpaired) electrons. The minimum atomic E-state index is -4.00. The number of benzene rings is 1. The lowest BCUT2D eigenvalue weighted by atomic mass is 10.2. The Morgan fingerprint density at radius 1 is 1.36 bits per heavy atom. The number of nitrogens with one attached hydrogen (secondary N) is 3. The van der Waals surface area contributed by atoms with Gasteiger partial charge in [-0.15, -0.1) is 0 Å². The Hall–Kier alpha value is -2.18. The molecule has 1 aromatic heterocycles. The first-order valence-electron chi connectivity index (χ1n) is 7.27. The fraction of sp³-hybridized carbons (Fsp3) is 0.385. The Kier molecular flexibility index (Phi) is 4.43. The van der Waals surface area contributed by atoms with E-state index in [9.17, 15) is 26.4 Å². The lowest BCUT2D eigenvalue weighted by Crippen LogP contribution is -2.42. The Labute approximate surface area is 142 Å². The molecule has 0 bridgehead atoms. The number of oxazole rings is 1. The van der Waals surface area contributed by atoms with Gasteiger partial charge in [-0.2, -0.15) is 0 Å². The molecular weight excluding hydrogens is 374 g/mol. The maximum Gasteiger partial charge on any atom is 0.417 e. The fourth-order valence-electron chi connectivity index (χ4n) is 2.52. The van der Waals surface area contributed by atoms with Gasteiger partial charge in [0.25, 0.3) is 0 Å². The number of fused-ring (bicyclic) bond motifs is 1. The summed E-state index contributed by atoms with van der Waals surface area (Å²) in [6, 6.07) is 3.29. The van der Waals surface area contributed by atoms with E-state index in [1.807, 2.05) is 0 Å². The van der Waals surface area contributed by atoms with Crippen LogP contribution in [0.25, 0.3) is 11.1 Å². The van der Waals surface area contributed by atoms with Crippen LogP contribution in [0.5, 0.6) is 0 Å². The molecule has 1 aliphatic rings. The smallest absolute Gasteiger partial charge is 0.408 e. The molecular formula is C13H15N3O7S2. The largest absolute Gasteiger partial charge is 0.417 e. The third-order valence-electron chi connectivity index (χ3n) is 3.72. The molecule has 2 heterocycles. The van der Waals surface area contributed by atoms with E-state index in [2.05, 4.69) is 15.0 Å². The summed E-state index contributed by atoms with van der Waals surface area (Å²) in [7, 11) is -7.14. The van der Waals surface area contributed by atoms with Crippen molar-refractivity contribution in [1.29, 1.82) is 0 Å². The zero-order valence-corrected chi connectivity index (χ0v) is 14.4. The summed E-state index contributed by atoms with van der Waals surface area (Å²) < 4.78 is 54.0. The normalized spacial score (nSPS) is 19.9. The summed E-state index contributed by atoms with van der Waals surface area (Å²) in [5, 5.41) is 2.48. The van der Waals surface area contributed by atoms with Gasteiger partial charge in [0.2, 0.25) is 15.9 Å². The predicted octanol–water partition coefficient (Wildman–Crippen LogP) is -1.30. The van der Waals surface area contributed by atoms with Crippen LogP contribution in [0.15, 0.2) is 32.3 Å². The highest BCUT2D eigenvalue weighted by atomic mass is 32.2. The number of sulfone groups is 1. The van der Waals surface area contributed by atoms with Gasteiger partial charge < -0.3 is 9.73 Å². The summed E-state index contributed by atoms with van der Waals surface area (Å²) in [5.74, 6) is -1.47. The molecule has 1 unspecified atom stereocenters. The molecule has 0 spiro atoms. The van der Waals surface area contributed by atoms with Crippen LogP contribution >= 0.6 is 0 Å². The highest BCUT2D eigenvalue weighted by Crippen LogP contribution is 2.16. The lowest BCUT2D eigenvalue weighted by Gasteiger charge is -2.11. The van der Waals surface area contributed by atoms with Gasteiger partial charge in [0.05, 0.1) is 28.5 Å². The van der Waals surface area contributed by atoms with Crippen molar-refractivity contribution in [2.45, 2.75) is 17.4 Å². The zero-order chi connectivity index (χ0) is 18.2.